The first kappa shape index (κ1) is 21.2. The molecule has 1 aliphatic heterocycles. The Kier molecular flexibility index (Phi) is 7.57. The van der Waals surface area contributed by atoms with Crippen molar-refractivity contribution in [1.82, 2.24) is 15.6 Å². The molecule has 1 unspecified atom stereocenters. The number of thiazole rings is 1. The number of benzene rings is 1. The maximum atomic E-state index is 5.55. The van der Waals surface area contributed by atoms with Crippen LogP contribution in [0.15, 0.2) is 34.6 Å². The highest BCUT2D eigenvalue weighted by Crippen LogP contribution is 2.29. The Bertz CT molecular complexity index is 806. The number of anilines is 2. The second-order valence-electron chi connectivity index (χ2n) is 7.31. The molecule has 1 aromatic carbocycles. The van der Waals surface area contributed by atoms with Gasteiger partial charge in [0.05, 0.1) is 25.0 Å². The minimum Gasteiger partial charge on any atom is -0.495 e. The predicted molar refractivity (Wildman–Crippen MR) is 123 cm³/mol. The second kappa shape index (κ2) is 10.3. The Morgan fingerprint density at radius 3 is 2.93 bits per heavy atom. The van der Waals surface area contributed by atoms with Crippen molar-refractivity contribution in [3.63, 3.8) is 0 Å². The highest BCUT2D eigenvalue weighted by atomic mass is 32.1. The van der Waals surface area contributed by atoms with Crippen LogP contribution in [-0.2, 0) is 6.54 Å². The van der Waals surface area contributed by atoms with Gasteiger partial charge in [0.25, 0.3) is 0 Å². The Balaban J connectivity index is 1.64. The van der Waals surface area contributed by atoms with Crippen molar-refractivity contribution in [3.05, 3.63) is 35.3 Å². The van der Waals surface area contributed by atoms with Gasteiger partial charge < -0.3 is 25.2 Å². The number of guanidine groups is 1. The monoisotopic (exact) mass is 416 g/mol. The van der Waals surface area contributed by atoms with Gasteiger partial charge in [0.15, 0.2) is 11.1 Å². The average molecular weight is 417 g/mol. The van der Waals surface area contributed by atoms with E-state index in [0.29, 0.717) is 12.6 Å². The molecular weight excluding hydrogens is 384 g/mol. The molecule has 29 heavy (non-hydrogen) atoms. The van der Waals surface area contributed by atoms with Crippen molar-refractivity contribution >= 4 is 28.1 Å². The first-order chi connectivity index (χ1) is 14.1. The number of aliphatic imine (C=N–C) groups is 1. The molecule has 0 bridgehead atoms. The lowest BCUT2D eigenvalue weighted by molar-refractivity contribution is 0.408. The van der Waals surface area contributed by atoms with Gasteiger partial charge in [-0.1, -0.05) is 12.1 Å². The highest BCUT2D eigenvalue weighted by molar-refractivity contribution is 7.13. The zero-order valence-electron chi connectivity index (χ0n) is 17.8. The van der Waals surface area contributed by atoms with Gasteiger partial charge in [-0.3, -0.25) is 0 Å². The van der Waals surface area contributed by atoms with Gasteiger partial charge in [-0.2, -0.15) is 0 Å². The third kappa shape index (κ3) is 5.76. The third-order valence-corrected chi connectivity index (χ3v) is 5.91. The van der Waals surface area contributed by atoms with Crippen LogP contribution >= 0.6 is 11.3 Å². The standard InChI is InChI=1S/C21H32N6OS/c1-5-22-20(23-13-17-15-29-21(25-17)26(2)3)24-16-9-8-12-27(14-16)18-10-6-7-11-19(18)28-4/h6-7,10-11,15-16H,5,8-9,12-14H2,1-4H3,(H2,22,23,24). The summed E-state index contributed by atoms with van der Waals surface area (Å²) >= 11 is 1.65. The number of piperidine rings is 1. The van der Waals surface area contributed by atoms with Gasteiger partial charge in [-0.05, 0) is 31.9 Å². The number of nitrogens with zero attached hydrogens (tertiary/aromatic N) is 4. The van der Waals surface area contributed by atoms with Crippen molar-refractivity contribution in [2.24, 2.45) is 4.99 Å². The first-order valence-corrected chi connectivity index (χ1v) is 11.0. The lowest BCUT2D eigenvalue weighted by Gasteiger charge is -2.36. The van der Waals surface area contributed by atoms with Crippen molar-refractivity contribution in [1.29, 1.82) is 0 Å². The summed E-state index contributed by atoms with van der Waals surface area (Å²) in [6, 6.07) is 8.56. The maximum Gasteiger partial charge on any atom is 0.191 e. The minimum atomic E-state index is 0.333. The fourth-order valence-electron chi connectivity index (χ4n) is 3.45. The minimum absolute atomic E-state index is 0.333. The van der Waals surface area contributed by atoms with Crippen LogP contribution in [0.4, 0.5) is 10.8 Å². The van der Waals surface area contributed by atoms with Gasteiger partial charge in [-0.15, -0.1) is 11.3 Å². The van der Waals surface area contributed by atoms with Crippen LogP contribution in [0.1, 0.15) is 25.5 Å². The first-order valence-electron chi connectivity index (χ1n) is 10.1. The molecule has 1 fully saturated rings. The van der Waals surface area contributed by atoms with Crippen molar-refractivity contribution in [2.45, 2.75) is 32.4 Å². The summed E-state index contributed by atoms with van der Waals surface area (Å²) in [6.45, 7) is 5.45. The largest absolute Gasteiger partial charge is 0.495 e. The normalized spacial score (nSPS) is 17.2. The van der Waals surface area contributed by atoms with E-state index in [-0.39, 0.29) is 0 Å². The summed E-state index contributed by atoms with van der Waals surface area (Å²) in [4.78, 5) is 13.8. The van der Waals surface area contributed by atoms with Crippen LogP contribution in [0.2, 0.25) is 0 Å². The number of rotatable bonds is 7. The maximum absolute atomic E-state index is 5.55. The van der Waals surface area contributed by atoms with Crippen molar-refractivity contribution in [2.75, 3.05) is 50.6 Å². The fourth-order valence-corrected chi connectivity index (χ4v) is 4.20. The Labute approximate surface area is 177 Å². The summed E-state index contributed by atoms with van der Waals surface area (Å²) < 4.78 is 5.55. The number of para-hydroxylation sites is 2. The van der Waals surface area contributed by atoms with E-state index in [9.17, 15) is 0 Å². The van der Waals surface area contributed by atoms with Crippen LogP contribution in [0.25, 0.3) is 0 Å². The SMILES string of the molecule is CCNC(=NCc1csc(N(C)C)n1)NC1CCCN(c2ccccc2OC)C1. The quantitative estimate of drug-likeness (QED) is 0.534. The molecule has 1 saturated heterocycles. The summed E-state index contributed by atoms with van der Waals surface area (Å²) in [5, 5.41) is 10.1. The molecule has 1 atom stereocenters. The molecule has 0 saturated carbocycles. The van der Waals surface area contributed by atoms with E-state index in [1.54, 1.807) is 18.4 Å². The Hall–Kier alpha value is -2.48. The summed E-state index contributed by atoms with van der Waals surface area (Å²) in [5.74, 6) is 1.77. The predicted octanol–water partition coefficient (Wildman–Crippen LogP) is 2.94. The van der Waals surface area contributed by atoms with Gasteiger partial charge in [0, 0.05) is 45.2 Å². The van der Waals surface area contributed by atoms with E-state index in [0.717, 1.165) is 60.7 Å². The fraction of sp³-hybridized carbons (Fsp3) is 0.524. The molecule has 3 rings (SSSR count). The number of aromatic nitrogens is 1. The lowest BCUT2D eigenvalue weighted by Crippen LogP contribution is -2.51. The molecule has 158 valence electrons. The number of methoxy groups -OCH3 is 1. The van der Waals surface area contributed by atoms with Crippen LogP contribution in [0.5, 0.6) is 5.75 Å². The Morgan fingerprint density at radius 2 is 2.21 bits per heavy atom. The Morgan fingerprint density at radius 1 is 1.38 bits per heavy atom. The molecule has 8 heteroatoms. The van der Waals surface area contributed by atoms with Crippen LogP contribution < -0.4 is 25.2 Å². The number of hydrogen-bond acceptors (Lipinski definition) is 6. The molecule has 0 spiro atoms. The van der Waals surface area contributed by atoms with Gasteiger partial charge >= 0.3 is 0 Å². The highest BCUT2D eigenvalue weighted by Gasteiger charge is 2.22. The van der Waals surface area contributed by atoms with Gasteiger partial charge in [0.1, 0.15) is 5.75 Å². The summed E-state index contributed by atoms with van der Waals surface area (Å²) in [6.07, 6.45) is 2.25. The molecule has 2 heterocycles. The van der Waals surface area contributed by atoms with E-state index in [2.05, 4.69) is 45.0 Å². The zero-order valence-corrected chi connectivity index (χ0v) is 18.6. The molecular formula is C21H32N6OS. The second-order valence-corrected chi connectivity index (χ2v) is 8.15. The van der Waals surface area contributed by atoms with E-state index in [1.165, 1.54) is 0 Å². The number of ether oxygens (including phenoxy) is 1. The smallest absolute Gasteiger partial charge is 0.191 e. The van der Waals surface area contributed by atoms with Crippen LogP contribution in [0, 0.1) is 0 Å². The molecule has 1 aromatic heterocycles. The molecule has 2 aromatic rings. The van der Waals surface area contributed by atoms with E-state index in [1.807, 2.05) is 31.1 Å². The van der Waals surface area contributed by atoms with Crippen LogP contribution in [0.3, 0.4) is 0 Å². The van der Waals surface area contributed by atoms with E-state index >= 15 is 0 Å². The molecule has 7 nitrogen and oxygen atoms in total. The lowest BCUT2D eigenvalue weighted by atomic mass is 10.0. The van der Waals surface area contributed by atoms with E-state index in [4.69, 9.17) is 9.73 Å². The topological polar surface area (TPSA) is 65.0 Å². The molecule has 0 aliphatic carbocycles. The van der Waals surface area contributed by atoms with Gasteiger partial charge in [-0.25, -0.2) is 9.98 Å². The zero-order chi connectivity index (χ0) is 20.6. The van der Waals surface area contributed by atoms with Crippen molar-refractivity contribution in [3.8, 4) is 5.75 Å². The summed E-state index contributed by atoms with van der Waals surface area (Å²) in [7, 11) is 5.75. The molecule has 1 aliphatic rings. The molecule has 2 N–H and O–H groups in total. The number of hydrogen-bond donors (Lipinski definition) is 2. The van der Waals surface area contributed by atoms with Gasteiger partial charge in [0.2, 0.25) is 0 Å². The summed E-state index contributed by atoms with van der Waals surface area (Å²) in [5.41, 5.74) is 2.15. The van der Waals surface area contributed by atoms with E-state index < -0.39 is 0 Å². The van der Waals surface area contributed by atoms with Crippen molar-refractivity contribution < 1.29 is 4.74 Å². The van der Waals surface area contributed by atoms with Crippen LogP contribution in [-0.4, -0.2) is 57.8 Å². The number of nitrogens with one attached hydrogen (secondary N) is 2. The average Bonchev–Trinajstić information content (AvgIpc) is 3.22. The third-order valence-electron chi connectivity index (χ3n) is 4.85. The molecule has 0 amide bonds. The molecule has 0 radical (unpaired) electrons.